The summed E-state index contributed by atoms with van der Waals surface area (Å²) in [5.74, 6) is 0.672. The van der Waals surface area contributed by atoms with Gasteiger partial charge in [0.25, 0.3) is 0 Å². The molecule has 0 radical (unpaired) electrons. The van der Waals surface area contributed by atoms with Crippen molar-refractivity contribution in [1.82, 2.24) is 4.90 Å². The third-order valence-corrected chi connectivity index (χ3v) is 3.72. The summed E-state index contributed by atoms with van der Waals surface area (Å²) >= 11 is 0. The number of carbonyl (C=O) groups excluding carboxylic acids is 1. The molecule has 0 saturated heterocycles. The van der Waals surface area contributed by atoms with Crippen molar-refractivity contribution in [3.63, 3.8) is 0 Å². The lowest BCUT2D eigenvalue weighted by Crippen LogP contribution is -2.42. The lowest BCUT2D eigenvalue weighted by atomic mass is 9.94. The van der Waals surface area contributed by atoms with Crippen LogP contribution in [-0.4, -0.2) is 57.9 Å². The molecule has 1 saturated carbocycles. The number of rotatable bonds is 8. The number of halogens is 1. The molecule has 2 N–H and O–H groups in total. The topological polar surface area (TPSA) is 64.8 Å². The van der Waals surface area contributed by atoms with Gasteiger partial charge in [-0.15, -0.1) is 12.4 Å². The summed E-state index contributed by atoms with van der Waals surface area (Å²) in [5.41, 5.74) is 5.74. The lowest BCUT2D eigenvalue weighted by Gasteiger charge is -2.27. The van der Waals surface area contributed by atoms with Crippen molar-refractivity contribution in [1.29, 1.82) is 0 Å². The molecule has 1 aliphatic rings. The van der Waals surface area contributed by atoms with Gasteiger partial charge in [0, 0.05) is 33.2 Å². The number of methoxy groups -OCH3 is 2. The van der Waals surface area contributed by atoms with Gasteiger partial charge in [-0.05, 0) is 25.3 Å². The van der Waals surface area contributed by atoms with E-state index in [1.165, 1.54) is 0 Å². The minimum atomic E-state index is 0. The molecule has 2 atom stereocenters. The first-order chi connectivity index (χ1) is 8.74. The lowest BCUT2D eigenvalue weighted by molar-refractivity contribution is -0.137. The molecule has 1 rings (SSSR count). The van der Waals surface area contributed by atoms with Crippen LogP contribution in [0.4, 0.5) is 0 Å². The number of ether oxygens (including phenoxy) is 2. The van der Waals surface area contributed by atoms with E-state index in [9.17, 15) is 4.79 Å². The molecule has 0 unspecified atom stereocenters. The SMILES string of the molecule is COCCN(CCOC)C(=O)[C@@H]1CCC[C@@H]1CN.Cl. The Morgan fingerprint density at radius 2 is 1.79 bits per heavy atom. The molecular weight excluding hydrogens is 268 g/mol. The summed E-state index contributed by atoms with van der Waals surface area (Å²) in [4.78, 5) is 14.3. The van der Waals surface area contributed by atoms with Gasteiger partial charge in [0.05, 0.1) is 13.2 Å². The summed E-state index contributed by atoms with van der Waals surface area (Å²) in [7, 11) is 3.30. The molecule has 1 amide bonds. The molecular formula is C13H27ClN2O3. The number of amides is 1. The van der Waals surface area contributed by atoms with Gasteiger partial charge < -0.3 is 20.1 Å². The van der Waals surface area contributed by atoms with Gasteiger partial charge in [-0.25, -0.2) is 0 Å². The van der Waals surface area contributed by atoms with Crippen LogP contribution in [0.3, 0.4) is 0 Å². The summed E-state index contributed by atoms with van der Waals surface area (Å²) < 4.78 is 10.1. The average molecular weight is 295 g/mol. The smallest absolute Gasteiger partial charge is 0.226 e. The van der Waals surface area contributed by atoms with Crippen molar-refractivity contribution in [3.8, 4) is 0 Å². The highest BCUT2D eigenvalue weighted by Gasteiger charge is 2.34. The molecule has 0 bridgehead atoms. The van der Waals surface area contributed by atoms with E-state index >= 15 is 0 Å². The Bertz CT molecular complexity index is 246. The number of hydrogen-bond acceptors (Lipinski definition) is 4. The van der Waals surface area contributed by atoms with Crippen LogP contribution in [0, 0.1) is 11.8 Å². The molecule has 0 heterocycles. The molecule has 5 nitrogen and oxygen atoms in total. The first kappa shape index (κ1) is 18.6. The Hall–Kier alpha value is -0.360. The van der Waals surface area contributed by atoms with E-state index in [4.69, 9.17) is 15.2 Å². The van der Waals surface area contributed by atoms with Gasteiger partial charge in [0.2, 0.25) is 5.91 Å². The summed E-state index contributed by atoms with van der Waals surface area (Å²) in [5, 5.41) is 0. The Morgan fingerprint density at radius 1 is 1.21 bits per heavy atom. The van der Waals surface area contributed by atoms with Crippen LogP contribution in [0.1, 0.15) is 19.3 Å². The fourth-order valence-electron chi connectivity index (χ4n) is 2.61. The number of nitrogens with two attached hydrogens (primary N) is 1. The zero-order chi connectivity index (χ0) is 13.4. The number of nitrogens with zero attached hydrogens (tertiary/aromatic N) is 1. The second kappa shape index (κ2) is 10.4. The fourth-order valence-corrected chi connectivity index (χ4v) is 2.61. The van der Waals surface area contributed by atoms with Gasteiger partial charge in [-0.3, -0.25) is 4.79 Å². The van der Waals surface area contributed by atoms with E-state index in [1.54, 1.807) is 14.2 Å². The van der Waals surface area contributed by atoms with Gasteiger partial charge >= 0.3 is 0 Å². The Kier molecular flexibility index (Phi) is 10.2. The zero-order valence-corrected chi connectivity index (χ0v) is 12.8. The highest BCUT2D eigenvalue weighted by atomic mass is 35.5. The Balaban J connectivity index is 0.00000324. The van der Waals surface area contributed by atoms with Crippen molar-refractivity contribution in [3.05, 3.63) is 0 Å². The van der Waals surface area contributed by atoms with Crippen LogP contribution in [0.2, 0.25) is 0 Å². The minimum Gasteiger partial charge on any atom is -0.383 e. The number of carbonyl (C=O) groups is 1. The molecule has 1 aliphatic carbocycles. The van der Waals surface area contributed by atoms with Crippen molar-refractivity contribution < 1.29 is 14.3 Å². The zero-order valence-electron chi connectivity index (χ0n) is 12.0. The second-order valence-corrected chi connectivity index (χ2v) is 4.84. The second-order valence-electron chi connectivity index (χ2n) is 4.84. The maximum absolute atomic E-state index is 12.5. The van der Waals surface area contributed by atoms with Gasteiger partial charge in [-0.1, -0.05) is 6.42 Å². The fraction of sp³-hybridized carbons (Fsp3) is 0.923. The van der Waals surface area contributed by atoms with E-state index < -0.39 is 0 Å². The first-order valence-corrected chi connectivity index (χ1v) is 6.71. The molecule has 1 fully saturated rings. The first-order valence-electron chi connectivity index (χ1n) is 6.71. The largest absolute Gasteiger partial charge is 0.383 e. The van der Waals surface area contributed by atoms with Crippen molar-refractivity contribution in [2.24, 2.45) is 17.6 Å². The predicted octanol–water partition coefficient (Wildman–Crippen LogP) is 0.905. The molecule has 114 valence electrons. The molecule has 19 heavy (non-hydrogen) atoms. The quantitative estimate of drug-likeness (QED) is 0.722. The molecule has 0 aromatic carbocycles. The highest BCUT2D eigenvalue weighted by Crippen LogP contribution is 2.32. The van der Waals surface area contributed by atoms with E-state index in [2.05, 4.69) is 0 Å². The molecule has 6 heteroatoms. The van der Waals surface area contributed by atoms with Crippen LogP contribution in [0.5, 0.6) is 0 Å². The van der Waals surface area contributed by atoms with Crippen molar-refractivity contribution >= 4 is 18.3 Å². The summed E-state index contributed by atoms with van der Waals surface area (Å²) in [6.07, 6.45) is 3.16. The van der Waals surface area contributed by atoms with Crippen LogP contribution < -0.4 is 5.73 Å². The third-order valence-electron chi connectivity index (χ3n) is 3.72. The van der Waals surface area contributed by atoms with Crippen molar-refractivity contribution in [2.45, 2.75) is 19.3 Å². The maximum Gasteiger partial charge on any atom is 0.226 e. The Morgan fingerprint density at radius 3 is 2.26 bits per heavy atom. The van der Waals surface area contributed by atoms with E-state index in [0.29, 0.717) is 38.8 Å². The van der Waals surface area contributed by atoms with Gasteiger partial charge in [-0.2, -0.15) is 0 Å². The van der Waals surface area contributed by atoms with Crippen LogP contribution in [-0.2, 0) is 14.3 Å². The maximum atomic E-state index is 12.5. The predicted molar refractivity (Wildman–Crippen MR) is 77.5 cm³/mol. The van der Waals surface area contributed by atoms with E-state index in [1.807, 2.05) is 4.90 Å². The summed E-state index contributed by atoms with van der Waals surface area (Å²) in [6, 6.07) is 0. The van der Waals surface area contributed by atoms with Gasteiger partial charge in [0.1, 0.15) is 0 Å². The standard InChI is InChI=1S/C13H26N2O3.ClH/c1-17-8-6-15(7-9-18-2)13(16)12-5-3-4-11(12)10-14;/h11-12H,3-10,14H2,1-2H3;1H/t11-,12-;/m1./s1. The average Bonchev–Trinajstić information content (AvgIpc) is 2.86. The Labute approximate surface area is 122 Å². The van der Waals surface area contributed by atoms with Crippen LogP contribution in [0.25, 0.3) is 0 Å². The summed E-state index contributed by atoms with van der Waals surface area (Å²) in [6.45, 7) is 3.00. The molecule has 0 aromatic rings. The third kappa shape index (κ3) is 5.65. The molecule has 0 aliphatic heterocycles. The van der Waals surface area contributed by atoms with E-state index in [0.717, 1.165) is 19.3 Å². The normalized spacial score (nSPS) is 22.1. The van der Waals surface area contributed by atoms with Gasteiger partial charge in [0.15, 0.2) is 0 Å². The molecule has 0 aromatic heterocycles. The molecule has 0 spiro atoms. The van der Waals surface area contributed by atoms with E-state index in [-0.39, 0.29) is 24.2 Å². The highest BCUT2D eigenvalue weighted by molar-refractivity contribution is 5.85. The monoisotopic (exact) mass is 294 g/mol. The van der Waals surface area contributed by atoms with Crippen LogP contribution >= 0.6 is 12.4 Å². The van der Waals surface area contributed by atoms with Crippen LogP contribution in [0.15, 0.2) is 0 Å². The van der Waals surface area contributed by atoms with Crippen molar-refractivity contribution in [2.75, 3.05) is 47.1 Å². The minimum absolute atomic E-state index is 0. The number of hydrogen-bond donors (Lipinski definition) is 1.